The van der Waals surface area contributed by atoms with Crippen molar-refractivity contribution in [3.05, 3.63) is 5.28 Å². The quantitative estimate of drug-likeness (QED) is 0.825. The second kappa shape index (κ2) is 6.18. The van der Waals surface area contributed by atoms with Gasteiger partial charge in [0.25, 0.3) is 0 Å². The average Bonchev–Trinajstić information content (AvgIpc) is 3.04. The minimum absolute atomic E-state index is 0.172. The molecule has 6 heteroatoms. The van der Waals surface area contributed by atoms with Gasteiger partial charge >= 0.3 is 6.01 Å². The van der Waals surface area contributed by atoms with Gasteiger partial charge in [-0.05, 0) is 36.8 Å². The van der Waals surface area contributed by atoms with E-state index in [1.807, 2.05) is 6.92 Å². The molecule has 2 atom stereocenters. The van der Waals surface area contributed by atoms with Crippen molar-refractivity contribution in [2.45, 2.75) is 45.6 Å². The first-order chi connectivity index (χ1) is 8.72. The molecule has 2 rings (SSSR count). The molecule has 0 aromatic carbocycles. The van der Waals surface area contributed by atoms with Crippen LogP contribution in [0.1, 0.15) is 39.5 Å². The average molecular weight is 271 g/mol. The number of rotatable bonds is 7. The van der Waals surface area contributed by atoms with Crippen LogP contribution in [-0.2, 0) is 0 Å². The first-order valence-corrected chi connectivity index (χ1v) is 6.91. The van der Waals surface area contributed by atoms with Crippen LogP contribution in [0.15, 0.2) is 0 Å². The summed E-state index contributed by atoms with van der Waals surface area (Å²) in [7, 11) is 0. The highest BCUT2D eigenvalue weighted by molar-refractivity contribution is 6.28. The van der Waals surface area contributed by atoms with Crippen LogP contribution in [-0.4, -0.2) is 27.6 Å². The Kier molecular flexibility index (Phi) is 4.58. The maximum absolute atomic E-state index is 5.85. The van der Waals surface area contributed by atoms with Crippen LogP contribution in [0, 0.1) is 5.92 Å². The molecule has 0 aliphatic heterocycles. The Labute approximate surface area is 112 Å². The molecule has 18 heavy (non-hydrogen) atoms. The maximum atomic E-state index is 5.85. The molecule has 1 aliphatic rings. The molecule has 2 unspecified atom stereocenters. The molecule has 100 valence electrons. The van der Waals surface area contributed by atoms with Crippen molar-refractivity contribution in [2.24, 2.45) is 5.92 Å². The first kappa shape index (κ1) is 13.3. The van der Waals surface area contributed by atoms with Crippen molar-refractivity contribution in [3.8, 4) is 6.01 Å². The third-order valence-electron chi connectivity index (χ3n) is 2.92. The third kappa shape index (κ3) is 3.70. The largest absolute Gasteiger partial charge is 0.463 e. The normalized spacial score (nSPS) is 21.7. The van der Waals surface area contributed by atoms with Gasteiger partial charge in [0, 0.05) is 6.04 Å². The molecule has 0 bridgehead atoms. The van der Waals surface area contributed by atoms with E-state index < -0.39 is 0 Å². The number of halogens is 1. The van der Waals surface area contributed by atoms with Crippen LogP contribution in [0.5, 0.6) is 6.01 Å². The fourth-order valence-electron chi connectivity index (χ4n) is 1.93. The number of hydrogen-bond acceptors (Lipinski definition) is 5. The number of nitrogens with one attached hydrogen (secondary N) is 1. The standard InChI is InChI=1S/C12H19ClN4O/c1-3-5-8-7-9(8)14-11-15-10(13)16-12(17-11)18-6-4-2/h8-9H,3-7H2,1-2H3,(H,14,15,16,17). The summed E-state index contributed by atoms with van der Waals surface area (Å²) in [5.41, 5.74) is 0. The van der Waals surface area contributed by atoms with Crippen molar-refractivity contribution < 1.29 is 4.74 Å². The number of aromatic nitrogens is 3. The number of nitrogens with zero attached hydrogens (tertiary/aromatic N) is 3. The summed E-state index contributed by atoms with van der Waals surface area (Å²) in [5.74, 6) is 1.26. The maximum Gasteiger partial charge on any atom is 0.322 e. The van der Waals surface area contributed by atoms with Crippen LogP contribution < -0.4 is 10.1 Å². The lowest BCUT2D eigenvalue weighted by Gasteiger charge is -2.06. The van der Waals surface area contributed by atoms with Crippen LogP contribution in [0.3, 0.4) is 0 Å². The van der Waals surface area contributed by atoms with E-state index in [2.05, 4.69) is 27.2 Å². The molecule has 1 aliphatic carbocycles. The van der Waals surface area contributed by atoms with E-state index in [0.29, 0.717) is 24.6 Å². The monoisotopic (exact) mass is 270 g/mol. The molecule has 0 spiro atoms. The summed E-state index contributed by atoms with van der Waals surface area (Å²) >= 11 is 5.85. The highest BCUT2D eigenvalue weighted by atomic mass is 35.5. The molecular weight excluding hydrogens is 252 g/mol. The van der Waals surface area contributed by atoms with E-state index in [1.54, 1.807) is 0 Å². The van der Waals surface area contributed by atoms with Crippen LogP contribution in [0.2, 0.25) is 5.28 Å². The third-order valence-corrected chi connectivity index (χ3v) is 3.09. The zero-order valence-electron chi connectivity index (χ0n) is 10.8. The molecule has 1 aromatic rings. The smallest absolute Gasteiger partial charge is 0.322 e. The minimum Gasteiger partial charge on any atom is -0.463 e. The van der Waals surface area contributed by atoms with Gasteiger partial charge in [-0.3, -0.25) is 0 Å². The van der Waals surface area contributed by atoms with Gasteiger partial charge in [-0.25, -0.2) is 0 Å². The van der Waals surface area contributed by atoms with E-state index in [4.69, 9.17) is 16.3 Å². The van der Waals surface area contributed by atoms with Gasteiger partial charge in [-0.2, -0.15) is 15.0 Å². The summed E-state index contributed by atoms with van der Waals surface area (Å²) in [5, 5.41) is 3.45. The fraction of sp³-hybridized carbons (Fsp3) is 0.750. The van der Waals surface area contributed by atoms with Gasteiger partial charge in [-0.15, -0.1) is 0 Å². The van der Waals surface area contributed by atoms with Crippen LogP contribution in [0.25, 0.3) is 0 Å². The van der Waals surface area contributed by atoms with Gasteiger partial charge in [0.1, 0.15) is 0 Å². The molecule has 5 nitrogen and oxygen atoms in total. The predicted molar refractivity (Wildman–Crippen MR) is 71.0 cm³/mol. The van der Waals surface area contributed by atoms with E-state index in [-0.39, 0.29) is 5.28 Å². The Morgan fingerprint density at radius 3 is 2.83 bits per heavy atom. The van der Waals surface area contributed by atoms with E-state index in [1.165, 1.54) is 19.3 Å². The predicted octanol–water partition coefficient (Wildman–Crippen LogP) is 2.91. The first-order valence-electron chi connectivity index (χ1n) is 6.53. The molecule has 1 saturated carbocycles. The zero-order valence-corrected chi connectivity index (χ0v) is 11.6. The lowest BCUT2D eigenvalue weighted by atomic mass is 10.2. The Morgan fingerprint density at radius 2 is 2.11 bits per heavy atom. The summed E-state index contributed by atoms with van der Waals surface area (Å²) < 4.78 is 5.37. The van der Waals surface area contributed by atoms with Gasteiger partial charge in [-0.1, -0.05) is 20.3 Å². The van der Waals surface area contributed by atoms with Crippen molar-refractivity contribution in [1.29, 1.82) is 0 Å². The van der Waals surface area contributed by atoms with Crippen LogP contribution in [0.4, 0.5) is 5.95 Å². The number of anilines is 1. The van der Waals surface area contributed by atoms with Gasteiger partial charge in [0.2, 0.25) is 11.2 Å². The highest BCUT2D eigenvalue weighted by Crippen LogP contribution is 2.36. The summed E-state index contributed by atoms with van der Waals surface area (Å²) in [6.07, 6.45) is 4.55. The van der Waals surface area contributed by atoms with Crippen molar-refractivity contribution in [3.63, 3.8) is 0 Å². The Bertz CT molecular complexity index is 402. The zero-order chi connectivity index (χ0) is 13.0. The number of hydrogen-bond donors (Lipinski definition) is 1. The highest BCUT2D eigenvalue weighted by Gasteiger charge is 2.36. The van der Waals surface area contributed by atoms with E-state index in [0.717, 1.165) is 12.3 Å². The van der Waals surface area contributed by atoms with Gasteiger partial charge in [0.15, 0.2) is 0 Å². The minimum atomic E-state index is 0.172. The molecule has 0 amide bonds. The number of ether oxygens (including phenoxy) is 1. The molecule has 0 saturated heterocycles. The molecule has 1 heterocycles. The van der Waals surface area contributed by atoms with E-state index in [9.17, 15) is 0 Å². The van der Waals surface area contributed by atoms with Crippen molar-refractivity contribution in [1.82, 2.24) is 15.0 Å². The van der Waals surface area contributed by atoms with Crippen molar-refractivity contribution >= 4 is 17.5 Å². The fourth-order valence-corrected chi connectivity index (χ4v) is 2.09. The van der Waals surface area contributed by atoms with Gasteiger partial charge < -0.3 is 10.1 Å². The Morgan fingerprint density at radius 1 is 1.28 bits per heavy atom. The summed E-state index contributed by atoms with van der Waals surface area (Å²) in [4.78, 5) is 12.2. The SMILES string of the molecule is CCCOc1nc(Cl)nc(NC2CC2CCC)n1. The molecular formula is C12H19ClN4O. The summed E-state index contributed by atoms with van der Waals surface area (Å²) in [6.45, 7) is 4.81. The Balaban J connectivity index is 1.93. The van der Waals surface area contributed by atoms with Gasteiger partial charge in [0.05, 0.1) is 6.61 Å². The summed E-state index contributed by atoms with van der Waals surface area (Å²) in [6, 6.07) is 0.773. The lowest BCUT2D eigenvalue weighted by Crippen LogP contribution is -2.10. The second-order valence-corrected chi connectivity index (χ2v) is 4.93. The molecule has 1 fully saturated rings. The lowest BCUT2D eigenvalue weighted by molar-refractivity contribution is 0.291. The molecule has 1 N–H and O–H groups in total. The Hall–Kier alpha value is -1.10. The van der Waals surface area contributed by atoms with E-state index >= 15 is 0 Å². The molecule has 1 aromatic heterocycles. The van der Waals surface area contributed by atoms with Crippen LogP contribution >= 0.6 is 11.6 Å². The topological polar surface area (TPSA) is 59.9 Å². The van der Waals surface area contributed by atoms with Crippen molar-refractivity contribution in [2.75, 3.05) is 11.9 Å². The molecule has 0 radical (unpaired) electrons. The second-order valence-electron chi connectivity index (χ2n) is 4.59.